The van der Waals surface area contributed by atoms with Crippen LogP contribution in [0.3, 0.4) is 0 Å². The molecule has 0 aromatic rings. The fourth-order valence-electron chi connectivity index (χ4n) is 1.10. The van der Waals surface area contributed by atoms with E-state index >= 15 is 0 Å². The lowest BCUT2D eigenvalue weighted by atomic mass is 10.1. The van der Waals surface area contributed by atoms with Gasteiger partial charge in [0.2, 0.25) is 0 Å². The quantitative estimate of drug-likeness (QED) is 0.525. The molecule has 3 N–H and O–H groups in total. The van der Waals surface area contributed by atoms with Crippen molar-refractivity contribution >= 4 is 0 Å². The molecule has 0 spiro atoms. The monoisotopic (exact) mass is 158 g/mol. The van der Waals surface area contributed by atoms with E-state index in [0.717, 1.165) is 13.1 Å². The second kappa shape index (κ2) is 9.92. The van der Waals surface area contributed by atoms with Crippen LogP contribution in [0.25, 0.3) is 0 Å². The highest BCUT2D eigenvalue weighted by atomic mass is 14.8. The minimum absolute atomic E-state index is 0.854. The highest BCUT2D eigenvalue weighted by Crippen LogP contribution is 2.00. The first-order valence-electron chi connectivity index (χ1n) is 4.82. The minimum atomic E-state index is 0.854. The van der Waals surface area contributed by atoms with Gasteiger partial charge in [0.25, 0.3) is 0 Å². The fourth-order valence-corrected chi connectivity index (χ4v) is 1.10. The molecule has 0 aromatic carbocycles. The summed E-state index contributed by atoms with van der Waals surface area (Å²) in [4.78, 5) is 0. The Bertz CT molecular complexity index is 56.6. The first-order valence-corrected chi connectivity index (χ1v) is 4.82. The Kier molecular flexibility index (Phi) is 9.85. The Morgan fingerprint density at radius 1 is 1.00 bits per heavy atom. The minimum Gasteiger partial charge on any atom is -0.330 e. The number of unbranched alkanes of at least 4 members (excludes halogenated alkanes) is 4. The Labute approximate surface area is 70.5 Å². The zero-order chi connectivity index (χ0) is 8.36. The third-order valence-corrected chi connectivity index (χ3v) is 1.81. The molecule has 68 valence electrons. The van der Waals surface area contributed by atoms with Crippen LogP contribution in [0.4, 0.5) is 0 Å². The summed E-state index contributed by atoms with van der Waals surface area (Å²) in [6.45, 7) is 5.28. The number of nitrogens with one attached hydrogen (secondary N) is 1. The second-order valence-corrected chi connectivity index (χ2v) is 2.91. The van der Waals surface area contributed by atoms with E-state index in [0.29, 0.717) is 0 Å². The van der Waals surface area contributed by atoms with E-state index in [1.807, 2.05) is 0 Å². The Morgan fingerprint density at radius 3 is 2.27 bits per heavy atom. The molecule has 0 atom stereocenters. The van der Waals surface area contributed by atoms with Crippen molar-refractivity contribution in [2.24, 2.45) is 5.73 Å². The first kappa shape index (κ1) is 10.9. The van der Waals surface area contributed by atoms with Gasteiger partial charge in [0.15, 0.2) is 0 Å². The molecule has 0 aliphatic rings. The van der Waals surface area contributed by atoms with Gasteiger partial charge in [-0.25, -0.2) is 0 Å². The van der Waals surface area contributed by atoms with Gasteiger partial charge < -0.3 is 11.1 Å². The summed E-state index contributed by atoms with van der Waals surface area (Å²) in [5, 5.41) is 3.31. The van der Waals surface area contributed by atoms with E-state index in [-0.39, 0.29) is 0 Å². The maximum Gasteiger partial charge on any atom is -0.00490 e. The third kappa shape index (κ3) is 9.92. The molecule has 0 heterocycles. The van der Waals surface area contributed by atoms with E-state index < -0.39 is 0 Å². The molecule has 0 bridgehead atoms. The summed E-state index contributed by atoms with van der Waals surface area (Å²) in [6, 6.07) is 0. The molecule has 0 fully saturated rings. The number of nitrogens with two attached hydrogens (primary N) is 1. The van der Waals surface area contributed by atoms with Crippen molar-refractivity contribution in [1.29, 1.82) is 0 Å². The number of hydrogen-bond donors (Lipinski definition) is 2. The van der Waals surface area contributed by atoms with Crippen LogP contribution in [0.2, 0.25) is 0 Å². The molecule has 11 heavy (non-hydrogen) atoms. The van der Waals surface area contributed by atoms with Crippen LogP contribution in [0.5, 0.6) is 0 Å². The van der Waals surface area contributed by atoms with Crippen LogP contribution in [0.1, 0.15) is 39.0 Å². The molecule has 0 saturated carbocycles. The highest BCUT2D eigenvalue weighted by molar-refractivity contribution is 4.47. The standard InChI is InChI=1S/C9H22N2/c1-2-11-9-7-5-3-4-6-8-10/h11H,2-10H2,1H3. The van der Waals surface area contributed by atoms with Gasteiger partial charge in [0.05, 0.1) is 0 Å². The lowest BCUT2D eigenvalue weighted by molar-refractivity contribution is 0.586. The number of hydrogen-bond acceptors (Lipinski definition) is 2. The average Bonchev–Trinajstić information content (AvgIpc) is 2.03. The zero-order valence-corrected chi connectivity index (χ0v) is 7.73. The van der Waals surface area contributed by atoms with Crippen LogP contribution in [0, 0.1) is 0 Å². The van der Waals surface area contributed by atoms with Gasteiger partial charge in [0, 0.05) is 0 Å². The summed E-state index contributed by atoms with van der Waals surface area (Å²) >= 11 is 0. The smallest absolute Gasteiger partial charge is 0.00490 e. The van der Waals surface area contributed by atoms with Crippen molar-refractivity contribution < 1.29 is 0 Å². The Morgan fingerprint density at radius 2 is 1.64 bits per heavy atom. The maximum absolute atomic E-state index is 5.38. The van der Waals surface area contributed by atoms with Gasteiger partial charge in [-0.05, 0) is 32.5 Å². The largest absolute Gasteiger partial charge is 0.330 e. The van der Waals surface area contributed by atoms with Crippen LogP contribution in [0.15, 0.2) is 0 Å². The van der Waals surface area contributed by atoms with Crippen molar-refractivity contribution in [2.45, 2.75) is 39.0 Å². The first-order chi connectivity index (χ1) is 5.41. The topological polar surface area (TPSA) is 38.0 Å². The molecule has 0 unspecified atom stereocenters. The summed E-state index contributed by atoms with van der Waals surface area (Å²) in [6.07, 6.45) is 6.53. The SMILES string of the molecule is CCNCCCCCCCN. The van der Waals surface area contributed by atoms with Gasteiger partial charge in [0.1, 0.15) is 0 Å². The molecule has 0 rings (SSSR count). The summed E-state index contributed by atoms with van der Waals surface area (Å²) in [5.41, 5.74) is 5.38. The maximum atomic E-state index is 5.38. The third-order valence-electron chi connectivity index (χ3n) is 1.81. The molecule has 2 heteroatoms. The second-order valence-electron chi connectivity index (χ2n) is 2.91. The normalized spacial score (nSPS) is 10.4. The number of rotatable bonds is 8. The van der Waals surface area contributed by atoms with E-state index in [4.69, 9.17) is 5.73 Å². The molecule has 0 saturated heterocycles. The molecule has 0 aromatic heterocycles. The summed E-state index contributed by atoms with van der Waals surface area (Å²) < 4.78 is 0. The van der Waals surface area contributed by atoms with E-state index in [2.05, 4.69) is 12.2 Å². The van der Waals surface area contributed by atoms with Crippen LogP contribution in [-0.4, -0.2) is 19.6 Å². The van der Waals surface area contributed by atoms with Crippen molar-refractivity contribution in [1.82, 2.24) is 5.32 Å². The molecule has 0 amide bonds. The molecule has 0 radical (unpaired) electrons. The Balaban J connectivity index is 2.69. The van der Waals surface area contributed by atoms with Crippen molar-refractivity contribution in [3.05, 3.63) is 0 Å². The molecule has 2 nitrogen and oxygen atoms in total. The highest BCUT2D eigenvalue weighted by Gasteiger charge is 1.88. The van der Waals surface area contributed by atoms with Gasteiger partial charge in [-0.1, -0.05) is 26.2 Å². The predicted octanol–water partition coefficient (Wildman–Crippen LogP) is 1.51. The predicted molar refractivity (Wildman–Crippen MR) is 50.7 cm³/mol. The van der Waals surface area contributed by atoms with Crippen molar-refractivity contribution in [3.63, 3.8) is 0 Å². The van der Waals surface area contributed by atoms with Gasteiger partial charge >= 0.3 is 0 Å². The van der Waals surface area contributed by atoms with Crippen LogP contribution in [-0.2, 0) is 0 Å². The molecule has 0 aliphatic carbocycles. The van der Waals surface area contributed by atoms with E-state index in [9.17, 15) is 0 Å². The van der Waals surface area contributed by atoms with Crippen LogP contribution < -0.4 is 11.1 Å². The van der Waals surface area contributed by atoms with Crippen LogP contribution >= 0.6 is 0 Å². The van der Waals surface area contributed by atoms with E-state index in [1.54, 1.807) is 0 Å². The lowest BCUT2D eigenvalue weighted by Gasteiger charge is -2.00. The Hall–Kier alpha value is -0.0800. The van der Waals surface area contributed by atoms with Crippen molar-refractivity contribution in [2.75, 3.05) is 19.6 Å². The lowest BCUT2D eigenvalue weighted by Crippen LogP contribution is -2.13. The molecular weight excluding hydrogens is 136 g/mol. The van der Waals surface area contributed by atoms with Crippen molar-refractivity contribution in [3.8, 4) is 0 Å². The average molecular weight is 158 g/mol. The van der Waals surface area contributed by atoms with E-state index in [1.165, 1.54) is 38.6 Å². The molecular formula is C9H22N2. The summed E-state index contributed by atoms with van der Waals surface area (Å²) in [5.74, 6) is 0. The van der Waals surface area contributed by atoms with Gasteiger partial charge in [-0.2, -0.15) is 0 Å². The zero-order valence-electron chi connectivity index (χ0n) is 7.73. The van der Waals surface area contributed by atoms with Gasteiger partial charge in [-0.15, -0.1) is 0 Å². The van der Waals surface area contributed by atoms with Gasteiger partial charge in [-0.3, -0.25) is 0 Å². The fraction of sp³-hybridized carbons (Fsp3) is 1.00. The molecule has 0 aliphatic heterocycles. The summed E-state index contributed by atoms with van der Waals surface area (Å²) in [7, 11) is 0.